The highest BCUT2D eigenvalue weighted by Gasteiger charge is 2.12. The van der Waals surface area contributed by atoms with E-state index in [1.54, 1.807) is 12.1 Å². The molecular formula is C25H25ClN2. The van der Waals surface area contributed by atoms with Gasteiger partial charge in [-0.1, -0.05) is 87.0 Å². The molecule has 0 aromatic heterocycles. The van der Waals surface area contributed by atoms with Gasteiger partial charge in [-0.3, -0.25) is 0 Å². The van der Waals surface area contributed by atoms with Crippen LogP contribution in [0.3, 0.4) is 0 Å². The molecule has 0 aliphatic rings. The summed E-state index contributed by atoms with van der Waals surface area (Å²) in [5, 5.41) is 0.682. The molecule has 0 heterocycles. The van der Waals surface area contributed by atoms with Crippen LogP contribution in [-0.4, -0.2) is 5.84 Å². The van der Waals surface area contributed by atoms with Gasteiger partial charge in [-0.25, -0.2) is 4.99 Å². The fourth-order valence-corrected chi connectivity index (χ4v) is 2.96. The predicted octanol–water partition coefficient (Wildman–Crippen LogP) is 7.01. The molecule has 0 saturated heterocycles. The fourth-order valence-electron chi connectivity index (χ4n) is 2.83. The van der Waals surface area contributed by atoms with Crippen molar-refractivity contribution in [3.63, 3.8) is 0 Å². The topological polar surface area (TPSA) is 38.4 Å². The van der Waals surface area contributed by atoms with E-state index in [2.05, 4.69) is 74.3 Å². The Hall–Kier alpha value is -2.84. The molecule has 142 valence electrons. The number of amidine groups is 1. The number of nitrogens with two attached hydrogens (primary N) is 1. The van der Waals surface area contributed by atoms with E-state index in [9.17, 15) is 0 Å². The maximum Gasteiger partial charge on any atom is 0.124 e. The van der Waals surface area contributed by atoms with Crippen molar-refractivity contribution in [3.8, 4) is 11.1 Å². The first-order chi connectivity index (χ1) is 13.3. The van der Waals surface area contributed by atoms with Crippen molar-refractivity contribution < 1.29 is 0 Å². The number of aliphatic imine (C=N–C) groups is 1. The molecule has 28 heavy (non-hydrogen) atoms. The van der Waals surface area contributed by atoms with Gasteiger partial charge in [0.2, 0.25) is 0 Å². The largest absolute Gasteiger partial charge is 0.384 e. The SMILES string of the molecule is CC(C)(C)c1ccc(-c2ccc(C=CC(N)=Nc3ccc(Cl)cc3)cc2)cc1. The maximum absolute atomic E-state index is 5.99. The van der Waals surface area contributed by atoms with Gasteiger partial charge in [0.25, 0.3) is 0 Å². The molecule has 0 amide bonds. The van der Waals surface area contributed by atoms with Gasteiger partial charge in [0, 0.05) is 5.02 Å². The Balaban J connectivity index is 1.70. The van der Waals surface area contributed by atoms with Crippen molar-refractivity contribution in [1.82, 2.24) is 0 Å². The summed E-state index contributed by atoms with van der Waals surface area (Å²) in [7, 11) is 0. The van der Waals surface area contributed by atoms with Gasteiger partial charge in [-0.05, 0) is 58.0 Å². The highest BCUT2D eigenvalue weighted by molar-refractivity contribution is 6.30. The van der Waals surface area contributed by atoms with Crippen LogP contribution in [0.4, 0.5) is 5.69 Å². The molecule has 2 N–H and O–H groups in total. The van der Waals surface area contributed by atoms with Gasteiger partial charge < -0.3 is 5.73 Å². The number of nitrogens with zero attached hydrogens (tertiary/aromatic N) is 1. The van der Waals surface area contributed by atoms with Crippen molar-refractivity contribution in [2.24, 2.45) is 10.7 Å². The minimum atomic E-state index is 0.167. The Kier molecular flexibility index (Phi) is 6.01. The Morgan fingerprint density at radius 3 is 1.89 bits per heavy atom. The van der Waals surface area contributed by atoms with E-state index in [-0.39, 0.29) is 5.41 Å². The number of hydrogen-bond acceptors (Lipinski definition) is 1. The lowest BCUT2D eigenvalue weighted by Gasteiger charge is -2.19. The first-order valence-corrected chi connectivity index (χ1v) is 9.68. The maximum atomic E-state index is 5.99. The lowest BCUT2D eigenvalue weighted by molar-refractivity contribution is 0.590. The molecular weight excluding hydrogens is 364 g/mol. The van der Waals surface area contributed by atoms with Crippen LogP contribution in [0, 0.1) is 0 Å². The first-order valence-electron chi connectivity index (χ1n) is 9.30. The van der Waals surface area contributed by atoms with E-state index in [0.29, 0.717) is 10.9 Å². The summed E-state index contributed by atoms with van der Waals surface area (Å²) in [5.74, 6) is 0.448. The molecule has 0 spiro atoms. The van der Waals surface area contributed by atoms with Crippen LogP contribution in [0.15, 0.2) is 83.9 Å². The van der Waals surface area contributed by atoms with Gasteiger partial charge in [-0.15, -0.1) is 0 Å². The van der Waals surface area contributed by atoms with Crippen LogP contribution < -0.4 is 5.73 Å². The molecule has 0 saturated carbocycles. The Morgan fingerprint density at radius 1 is 0.821 bits per heavy atom. The Bertz CT molecular complexity index is 975. The van der Waals surface area contributed by atoms with Crippen molar-refractivity contribution >= 4 is 29.2 Å². The second kappa shape index (κ2) is 8.45. The normalized spacial score (nSPS) is 12.5. The van der Waals surface area contributed by atoms with E-state index >= 15 is 0 Å². The zero-order valence-corrected chi connectivity index (χ0v) is 17.2. The van der Waals surface area contributed by atoms with E-state index in [0.717, 1.165) is 11.3 Å². The highest BCUT2D eigenvalue weighted by Crippen LogP contribution is 2.26. The molecule has 3 rings (SSSR count). The Morgan fingerprint density at radius 2 is 1.36 bits per heavy atom. The number of halogens is 1. The summed E-state index contributed by atoms with van der Waals surface area (Å²) in [4.78, 5) is 4.36. The van der Waals surface area contributed by atoms with Crippen molar-refractivity contribution in [2.75, 3.05) is 0 Å². The minimum absolute atomic E-state index is 0.167. The summed E-state index contributed by atoms with van der Waals surface area (Å²) in [6.45, 7) is 6.68. The monoisotopic (exact) mass is 388 g/mol. The van der Waals surface area contributed by atoms with Crippen LogP contribution >= 0.6 is 11.6 Å². The number of rotatable bonds is 4. The van der Waals surface area contributed by atoms with E-state index in [1.807, 2.05) is 24.3 Å². The minimum Gasteiger partial charge on any atom is -0.384 e. The van der Waals surface area contributed by atoms with Gasteiger partial charge in [0.05, 0.1) is 5.69 Å². The molecule has 3 aromatic rings. The summed E-state index contributed by atoms with van der Waals surface area (Å²) in [6, 6.07) is 24.5. The van der Waals surface area contributed by atoms with Crippen LogP contribution in [0.1, 0.15) is 31.9 Å². The zero-order chi connectivity index (χ0) is 20.1. The summed E-state index contributed by atoms with van der Waals surface area (Å²) < 4.78 is 0. The smallest absolute Gasteiger partial charge is 0.124 e. The standard InChI is InChI=1S/C25H25ClN2/c1-25(2,3)21-11-9-20(10-12-21)19-7-4-18(5-8-19)6-17-24(27)28-23-15-13-22(26)14-16-23/h4-17H,1-3H3,(H2,27,28). The van der Waals surface area contributed by atoms with E-state index in [4.69, 9.17) is 17.3 Å². The molecule has 0 radical (unpaired) electrons. The first kappa shape index (κ1) is 19.9. The van der Waals surface area contributed by atoms with Gasteiger partial charge in [0.1, 0.15) is 5.84 Å². The molecule has 3 aromatic carbocycles. The van der Waals surface area contributed by atoms with Gasteiger partial charge >= 0.3 is 0 Å². The average Bonchev–Trinajstić information content (AvgIpc) is 2.68. The van der Waals surface area contributed by atoms with Crippen LogP contribution in [0.5, 0.6) is 0 Å². The fraction of sp³-hybridized carbons (Fsp3) is 0.160. The summed E-state index contributed by atoms with van der Waals surface area (Å²) >= 11 is 5.88. The predicted molar refractivity (Wildman–Crippen MR) is 122 cm³/mol. The lowest BCUT2D eigenvalue weighted by atomic mass is 9.86. The quantitative estimate of drug-likeness (QED) is 0.379. The third-order valence-corrected chi connectivity index (χ3v) is 4.78. The van der Waals surface area contributed by atoms with E-state index in [1.165, 1.54) is 16.7 Å². The van der Waals surface area contributed by atoms with Gasteiger partial charge in [-0.2, -0.15) is 0 Å². The Labute approximate surface area is 172 Å². The van der Waals surface area contributed by atoms with Crippen LogP contribution in [0.25, 0.3) is 17.2 Å². The van der Waals surface area contributed by atoms with Crippen molar-refractivity contribution in [3.05, 3.63) is 95.0 Å². The molecule has 0 atom stereocenters. The molecule has 3 heteroatoms. The second-order valence-electron chi connectivity index (χ2n) is 7.80. The average molecular weight is 389 g/mol. The van der Waals surface area contributed by atoms with E-state index < -0.39 is 0 Å². The molecule has 0 aliphatic heterocycles. The third kappa shape index (κ3) is 5.34. The summed E-state index contributed by atoms with van der Waals surface area (Å²) in [5.41, 5.74) is 11.8. The molecule has 0 unspecified atom stereocenters. The summed E-state index contributed by atoms with van der Waals surface area (Å²) in [6.07, 6.45) is 3.77. The molecule has 0 bridgehead atoms. The van der Waals surface area contributed by atoms with Crippen molar-refractivity contribution in [2.45, 2.75) is 26.2 Å². The van der Waals surface area contributed by atoms with Crippen molar-refractivity contribution in [1.29, 1.82) is 0 Å². The third-order valence-electron chi connectivity index (χ3n) is 4.53. The highest BCUT2D eigenvalue weighted by atomic mass is 35.5. The van der Waals surface area contributed by atoms with Crippen LogP contribution in [0.2, 0.25) is 5.02 Å². The second-order valence-corrected chi connectivity index (χ2v) is 8.23. The molecule has 0 fully saturated rings. The van der Waals surface area contributed by atoms with Crippen LogP contribution in [-0.2, 0) is 5.41 Å². The lowest BCUT2D eigenvalue weighted by Crippen LogP contribution is -2.10. The molecule has 2 nitrogen and oxygen atoms in total. The number of hydrogen-bond donors (Lipinski definition) is 1. The zero-order valence-electron chi connectivity index (χ0n) is 16.5. The number of benzene rings is 3. The molecule has 0 aliphatic carbocycles. The van der Waals surface area contributed by atoms with Gasteiger partial charge in [0.15, 0.2) is 0 Å².